The molecule has 0 bridgehead atoms. The molecule has 0 amide bonds. The Morgan fingerprint density at radius 2 is 2.10 bits per heavy atom. The maximum Gasteiger partial charge on any atom is 0.338 e. The average Bonchev–Trinajstić information content (AvgIpc) is 2.90. The number of imidazole rings is 1. The number of fused-ring (bicyclic) bond motifs is 1. The summed E-state index contributed by atoms with van der Waals surface area (Å²) in [4.78, 5) is 23.9. The number of aromatic carboxylic acids is 1. The van der Waals surface area contributed by atoms with Gasteiger partial charge >= 0.3 is 5.97 Å². The van der Waals surface area contributed by atoms with Crippen LogP contribution >= 0.6 is 11.8 Å². The van der Waals surface area contributed by atoms with E-state index in [9.17, 15) is 9.90 Å². The number of aromatic amines is 1. The number of nitrogens with zero attached hydrogens (tertiary/aromatic N) is 2. The highest BCUT2D eigenvalue weighted by Gasteiger charge is 2.15. The summed E-state index contributed by atoms with van der Waals surface area (Å²) in [6.07, 6.45) is 3.44. The lowest BCUT2D eigenvalue weighted by molar-refractivity contribution is 0.0699. The number of hydrogen-bond donors (Lipinski definition) is 2. The summed E-state index contributed by atoms with van der Waals surface area (Å²) in [5.74, 6) is -0.364. The number of carboxylic acid groups (broad SMARTS) is 1. The van der Waals surface area contributed by atoms with Gasteiger partial charge in [-0.1, -0.05) is 18.2 Å². The van der Waals surface area contributed by atoms with Crippen molar-refractivity contribution in [2.45, 2.75) is 4.90 Å². The van der Waals surface area contributed by atoms with Crippen molar-refractivity contribution in [2.75, 3.05) is 6.26 Å². The van der Waals surface area contributed by atoms with Crippen LogP contribution < -0.4 is 0 Å². The van der Waals surface area contributed by atoms with Crippen LogP contribution in [0.3, 0.4) is 0 Å². The molecule has 0 saturated carbocycles. The zero-order valence-electron chi connectivity index (χ0n) is 10.6. The molecule has 3 aromatic rings. The maximum atomic E-state index is 11.2. The molecule has 2 aromatic heterocycles. The van der Waals surface area contributed by atoms with Gasteiger partial charge in [0.15, 0.2) is 5.65 Å². The van der Waals surface area contributed by atoms with Gasteiger partial charge in [0.25, 0.3) is 0 Å². The normalized spacial score (nSPS) is 10.8. The zero-order chi connectivity index (χ0) is 14.1. The summed E-state index contributed by atoms with van der Waals surface area (Å²) in [5.41, 5.74) is 1.98. The summed E-state index contributed by atoms with van der Waals surface area (Å²) in [7, 11) is 0. The lowest BCUT2D eigenvalue weighted by Gasteiger charge is -2.02. The molecule has 3 rings (SSSR count). The van der Waals surface area contributed by atoms with Crippen molar-refractivity contribution >= 4 is 28.9 Å². The summed E-state index contributed by atoms with van der Waals surface area (Å²) in [6.45, 7) is 0. The highest BCUT2D eigenvalue weighted by Crippen LogP contribution is 2.29. The van der Waals surface area contributed by atoms with E-state index in [4.69, 9.17) is 0 Å². The van der Waals surface area contributed by atoms with Crippen molar-refractivity contribution in [3.8, 4) is 11.4 Å². The first-order chi connectivity index (χ1) is 9.70. The number of carboxylic acids is 1. The lowest BCUT2D eigenvalue weighted by Crippen LogP contribution is -1.97. The Labute approximate surface area is 119 Å². The van der Waals surface area contributed by atoms with Crippen molar-refractivity contribution in [3.63, 3.8) is 0 Å². The highest BCUT2D eigenvalue weighted by atomic mass is 32.2. The average molecular weight is 285 g/mol. The van der Waals surface area contributed by atoms with Crippen LogP contribution in [0.2, 0.25) is 0 Å². The molecule has 0 atom stereocenters. The molecule has 0 aliphatic carbocycles. The van der Waals surface area contributed by atoms with E-state index >= 15 is 0 Å². The van der Waals surface area contributed by atoms with Crippen LogP contribution in [0.25, 0.3) is 22.6 Å². The SMILES string of the molecule is CSc1ccccc1-c1nc2nccc(C(=O)O)c2[nH]1. The Morgan fingerprint density at radius 1 is 1.30 bits per heavy atom. The van der Waals surface area contributed by atoms with Crippen molar-refractivity contribution in [1.82, 2.24) is 15.0 Å². The molecular formula is C14H11N3O2S. The van der Waals surface area contributed by atoms with E-state index in [0.29, 0.717) is 17.0 Å². The van der Waals surface area contributed by atoms with Gasteiger partial charge in [0.05, 0.1) is 11.1 Å². The second-order valence-corrected chi connectivity index (χ2v) is 5.00. The molecule has 0 spiro atoms. The molecule has 5 nitrogen and oxygen atoms in total. The first-order valence-electron chi connectivity index (χ1n) is 5.92. The topological polar surface area (TPSA) is 78.9 Å². The Balaban J connectivity index is 2.23. The number of hydrogen-bond acceptors (Lipinski definition) is 4. The summed E-state index contributed by atoms with van der Waals surface area (Å²) in [5, 5.41) is 9.18. The Morgan fingerprint density at radius 3 is 2.85 bits per heavy atom. The van der Waals surface area contributed by atoms with Crippen LogP contribution in [-0.2, 0) is 0 Å². The van der Waals surface area contributed by atoms with Crippen molar-refractivity contribution in [2.24, 2.45) is 0 Å². The predicted octanol–water partition coefficient (Wildman–Crippen LogP) is 3.05. The molecule has 0 radical (unpaired) electrons. The number of aromatic nitrogens is 3. The predicted molar refractivity (Wildman–Crippen MR) is 78.1 cm³/mol. The molecule has 1 aromatic carbocycles. The van der Waals surface area contributed by atoms with Gasteiger partial charge < -0.3 is 10.1 Å². The second kappa shape index (κ2) is 4.97. The number of rotatable bonds is 3. The minimum Gasteiger partial charge on any atom is -0.478 e. The number of H-pyrrole nitrogens is 1. The van der Waals surface area contributed by atoms with Crippen molar-refractivity contribution in [1.29, 1.82) is 0 Å². The minimum absolute atomic E-state index is 0.176. The number of pyridine rings is 1. The molecule has 0 saturated heterocycles. The third kappa shape index (κ3) is 2.04. The van der Waals surface area contributed by atoms with E-state index in [-0.39, 0.29) is 5.56 Å². The maximum absolute atomic E-state index is 11.2. The van der Waals surface area contributed by atoms with Gasteiger partial charge in [-0.3, -0.25) is 0 Å². The fourth-order valence-electron chi connectivity index (χ4n) is 2.06. The zero-order valence-corrected chi connectivity index (χ0v) is 11.4. The quantitative estimate of drug-likeness (QED) is 0.723. The van der Waals surface area contributed by atoms with E-state index in [2.05, 4.69) is 15.0 Å². The van der Waals surface area contributed by atoms with Gasteiger partial charge in [-0.2, -0.15) is 0 Å². The van der Waals surface area contributed by atoms with E-state index in [1.165, 1.54) is 12.3 Å². The molecule has 6 heteroatoms. The molecule has 100 valence electrons. The lowest BCUT2D eigenvalue weighted by atomic mass is 10.2. The molecule has 0 fully saturated rings. The second-order valence-electron chi connectivity index (χ2n) is 4.15. The third-order valence-corrected chi connectivity index (χ3v) is 3.78. The monoisotopic (exact) mass is 285 g/mol. The van der Waals surface area contributed by atoms with E-state index < -0.39 is 5.97 Å². The van der Waals surface area contributed by atoms with Gasteiger partial charge in [0.1, 0.15) is 5.82 Å². The number of benzene rings is 1. The number of thioether (sulfide) groups is 1. The van der Waals surface area contributed by atoms with Crippen molar-refractivity contribution in [3.05, 3.63) is 42.1 Å². The molecule has 0 aliphatic heterocycles. The van der Waals surface area contributed by atoms with Crippen LogP contribution in [-0.4, -0.2) is 32.3 Å². The fraction of sp³-hybridized carbons (Fsp3) is 0.0714. The number of nitrogens with one attached hydrogen (secondary N) is 1. The van der Waals surface area contributed by atoms with Crippen LogP contribution in [0.5, 0.6) is 0 Å². The first-order valence-corrected chi connectivity index (χ1v) is 7.14. The molecule has 0 aliphatic rings. The van der Waals surface area contributed by atoms with Crippen LogP contribution in [0.15, 0.2) is 41.4 Å². The fourth-order valence-corrected chi connectivity index (χ4v) is 2.66. The van der Waals surface area contributed by atoms with Gasteiger partial charge in [0.2, 0.25) is 0 Å². The first kappa shape index (κ1) is 12.7. The van der Waals surface area contributed by atoms with E-state index in [1.807, 2.05) is 30.5 Å². The van der Waals surface area contributed by atoms with Crippen LogP contribution in [0, 0.1) is 0 Å². The van der Waals surface area contributed by atoms with Crippen LogP contribution in [0.4, 0.5) is 0 Å². The van der Waals surface area contributed by atoms with Gasteiger partial charge in [-0.15, -0.1) is 11.8 Å². The van der Waals surface area contributed by atoms with Crippen LogP contribution in [0.1, 0.15) is 10.4 Å². The Hall–Kier alpha value is -2.34. The van der Waals surface area contributed by atoms with Gasteiger partial charge in [-0.25, -0.2) is 14.8 Å². The highest BCUT2D eigenvalue weighted by molar-refractivity contribution is 7.98. The van der Waals surface area contributed by atoms with Crippen molar-refractivity contribution < 1.29 is 9.90 Å². The van der Waals surface area contributed by atoms with Gasteiger partial charge in [-0.05, 0) is 18.4 Å². The summed E-state index contributed by atoms with van der Waals surface area (Å²) in [6, 6.07) is 9.29. The smallest absolute Gasteiger partial charge is 0.338 e. The van der Waals surface area contributed by atoms with E-state index in [1.54, 1.807) is 11.8 Å². The summed E-state index contributed by atoms with van der Waals surface area (Å²) >= 11 is 1.61. The minimum atomic E-state index is -0.995. The Bertz CT molecular complexity index is 798. The van der Waals surface area contributed by atoms with E-state index in [0.717, 1.165) is 10.5 Å². The molecule has 20 heavy (non-hydrogen) atoms. The standard InChI is InChI=1S/C14H11N3O2S/c1-20-10-5-3-2-4-8(10)12-16-11-9(14(18)19)6-7-15-13(11)17-12/h2-7H,1H3,(H,18,19)(H,15,16,17). The molecular weight excluding hydrogens is 274 g/mol. The van der Waals surface area contributed by atoms with Gasteiger partial charge in [0, 0.05) is 16.7 Å². The molecule has 0 unspecified atom stereocenters. The molecule has 2 N–H and O–H groups in total. The summed E-state index contributed by atoms with van der Waals surface area (Å²) < 4.78 is 0. The third-order valence-electron chi connectivity index (χ3n) is 2.98. The Kier molecular flexibility index (Phi) is 3.15. The largest absolute Gasteiger partial charge is 0.478 e. The molecule has 2 heterocycles. The number of carbonyl (C=O) groups is 1.